The molecule has 0 aliphatic heterocycles. The summed E-state index contributed by atoms with van der Waals surface area (Å²) in [5.74, 6) is 1.24. The minimum Gasteiger partial charge on any atom is -0.333 e. The molecule has 68 valence electrons. The Balaban J connectivity index is -0.0000000262. The lowest BCUT2D eigenvalue weighted by molar-refractivity contribution is 1.48. The average Bonchev–Trinajstić information content (AvgIpc) is 2.14. The second kappa shape index (κ2) is 120. The fourth-order valence-electron chi connectivity index (χ4n) is 0. The lowest BCUT2D eigenvalue weighted by atomic mass is 11.0. The van der Waals surface area contributed by atoms with E-state index < -0.39 is 0 Å². The molecule has 0 radical (unpaired) electrons. The van der Waals surface area contributed by atoms with Crippen LogP contribution in [0.1, 0.15) is 34.6 Å². The molecule has 0 saturated heterocycles. The van der Waals surface area contributed by atoms with E-state index in [0.29, 0.717) is 0 Å². The van der Waals surface area contributed by atoms with Crippen LogP contribution in [0.3, 0.4) is 0 Å². The molecule has 0 aromatic carbocycles. The molecule has 0 spiro atoms. The summed E-state index contributed by atoms with van der Waals surface area (Å²) in [5, 5.41) is 0. The first-order chi connectivity index (χ1) is 4.91. The molecule has 0 bridgehead atoms. The van der Waals surface area contributed by atoms with Crippen LogP contribution >= 0.6 is 11.8 Å². The van der Waals surface area contributed by atoms with Crippen molar-refractivity contribution in [1.82, 2.24) is 0 Å². The third kappa shape index (κ3) is 259. The van der Waals surface area contributed by atoms with Crippen LogP contribution in [0.4, 0.5) is 0 Å². The van der Waals surface area contributed by atoms with Gasteiger partial charge in [-0.2, -0.15) is 11.8 Å². The van der Waals surface area contributed by atoms with E-state index in [0.717, 1.165) is 0 Å². The van der Waals surface area contributed by atoms with Crippen LogP contribution < -0.4 is 5.73 Å². The molecular formula is C8H25NS. The Morgan fingerprint density at radius 1 is 1.00 bits per heavy atom. The molecule has 0 aromatic rings. The lowest BCUT2D eigenvalue weighted by Gasteiger charge is -1.69. The van der Waals surface area contributed by atoms with E-state index in [4.69, 9.17) is 0 Å². The molecule has 0 rings (SSSR count). The third-order valence-corrected chi connectivity index (χ3v) is 0.866. The van der Waals surface area contributed by atoms with Crippen LogP contribution in [0.15, 0.2) is 0 Å². The highest BCUT2D eigenvalue weighted by molar-refractivity contribution is 7.98. The number of hydrogen-bond acceptors (Lipinski definition) is 2. The van der Waals surface area contributed by atoms with Gasteiger partial charge in [-0.1, -0.05) is 34.6 Å². The summed E-state index contributed by atoms with van der Waals surface area (Å²) in [6.45, 7) is 10.1. The number of hydrogen-bond donors (Lipinski definition) is 1. The average molecular weight is 167 g/mol. The Hall–Kier alpha value is 0.310. The van der Waals surface area contributed by atoms with Crippen LogP contribution in [0.5, 0.6) is 0 Å². The van der Waals surface area contributed by atoms with Gasteiger partial charge in [-0.05, 0) is 19.1 Å². The summed E-state index contributed by atoms with van der Waals surface area (Å²) >= 11 is 1.86. The number of rotatable bonds is 1. The van der Waals surface area contributed by atoms with Crippen molar-refractivity contribution in [2.75, 3.05) is 19.1 Å². The second-order valence-electron chi connectivity index (χ2n) is 0.577. The summed E-state index contributed by atoms with van der Waals surface area (Å²) in [4.78, 5) is 0. The summed E-state index contributed by atoms with van der Waals surface area (Å²) in [6, 6.07) is 0. The molecule has 0 unspecified atom stereocenters. The zero-order valence-electron chi connectivity index (χ0n) is 8.69. The van der Waals surface area contributed by atoms with E-state index in [-0.39, 0.29) is 0 Å². The van der Waals surface area contributed by atoms with Gasteiger partial charge in [0, 0.05) is 0 Å². The van der Waals surface area contributed by atoms with E-state index >= 15 is 0 Å². The molecule has 0 amide bonds. The summed E-state index contributed by atoms with van der Waals surface area (Å²) in [6.07, 6.45) is 2.10. The first kappa shape index (κ1) is 22.4. The van der Waals surface area contributed by atoms with Crippen LogP contribution in [0.2, 0.25) is 0 Å². The van der Waals surface area contributed by atoms with Gasteiger partial charge in [0.2, 0.25) is 0 Å². The van der Waals surface area contributed by atoms with Crippen LogP contribution in [-0.2, 0) is 0 Å². The zero-order valence-corrected chi connectivity index (χ0v) is 9.51. The fourth-order valence-corrected chi connectivity index (χ4v) is 0. The Bertz CT molecular complexity index is 11.2. The van der Waals surface area contributed by atoms with Crippen molar-refractivity contribution in [3.05, 3.63) is 0 Å². The fraction of sp³-hybridized carbons (Fsp3) is 1.00. The SMILES string of the molecule is CC.CC.CCSC.CN. The van der Waals surface area contributed by atoms with Gasteiger partial charge in [-0.25, -0.2) is 0 Å². The maximum Gasteiger partial charge on any atom is -0.00988 e. The molecule has 0 aromatic heterocycles. The predicted octanol–water partition coefficient (Wildman–Crippen LogP) is 3.00. The molecule has 0 atom stereocenters. The third-order valence-electron chi connectivity index (χ3n) is 0.289. The van der Waals surface area contributed by atoms with Crippen molar-refractivity contribution in [2.45, 2.75) is 34.6 Å². The molecule has 0 fully saturated rings. The zero-order chi connectivity index (χ0) is 9.41. The normalized spacial score (nSPS) is 4.80. The molecule has 0 saturated carbocycles. The van der Waals surface area contributed by atoms with Gasteiger partial charge in [0.05, 0.1) is 0 Å². The second-order valence-corrected chi connectivity index (χ2v) is 1.73. The first-order valence-electron chi connectivity index (χ1n) is 3.98. The molecule has 2 heteroatoms. The highest BCUT2D eigenvalue weighted by atomic mass is 32.2. The maximum atomic E-state index is 4.50. The van der Waals surface area contributed by atoms with E-state index in [1.807, 2.05) is 39.5 Å². The predicted molar refractivity (Wildman–Crippen MR) is 56.9 cm³/mol. The van der Waals surface area contributed by atoms with Crippen molar-refractivity contribution in [3.63, 3.8) is 0 Å². The van der Waals surface area contributed by atoms with E-state index in [1.54, 1.807) is 0 Å². The Kier molecular flexibility index (Phi) is 270. The Morgan fingerprint density at radius 3 is 1.10 bits per heavy atom. The molecule has 2 N–H and O–H groups in total. The smallest absolute Gasteiger partial charge is 0.00988 e. The van der Waals surface area contributed by atoms with Crippen LogP contribution in [0.25, 0.3) is 0 Å². The van der Waals surface area contributed by atoms with Gasteiger partial charge in [0.1, 0.15) is 0 Å². The number of nitrogens with two attached hydrogens (primary N) is 1. The monoisotopic (exact) mass is 167 g/mol. The molecule has 0 aliphatic carbocycles. The van der Waals surface area contributed by atoms with E-state index in [1.165, 1.54) is 12.8 Å². The summed E-state index contributed by atoms with van der Waals surface area (Å²) < 4.78 is 0. The van der Waals surface area contributed by atoms with Gasteiger partial charge >= 0.3 is 0 Å². The molecule has 0 aliphatic rings. The Labute approximate surface area is 71.8 Å². The van der Waals surface area contributed by atoms with Crippen LogP contribution in [-0.4, -0.2) is 19.1 Å². The van der Waals surface area contributed by atoms with Gasteiger partial charge in [0.15, 0.2) is 0 Å². The summed E-state index contributed by atoms with van der Waals surface area (Å²) in [5.41, 5.74) is 4.50. The molecular weight excluding hydrogens is 142 g/mol. The molecule has 0 heterocycles. The Morgan fingerprint density at radius 2 is 1.10 bits per heavy atom. The van der Waals surface area contributed by atoms with E-state index in [2.05, 4.69) is 18.9 Å². The van der Waals surface area contributed by atoms with Crippen molar-refractivity contribution in [2.24, 2.45) is 5.73 Å². The highest BCUT2D eigenvalue weighted by Crippen LogP contribution is 1.83. The quantitative estimate of drug-likeness (QED) is 0.650. The summed E-state index contributed by atoms with van der Waals surface area (Å²) in [7, 11) is 1.50. The standard InChI is InChI=1S/C3H8S.2C2H6.CH5N/c1-3-4-2;3*1-2/h3H2,1-2H3;2*1-2H3;2H2,1H3. The first-order valence-corrected chi connectivity index (χ1v) is 5.38. The van der Waals surface area contributed by atoms with Crippen molar-refractivity contribution < 1.29 is 0 Å². The minimum absolute atomic E-state index is 1.24. The van der Waals surface area contributed by atoms with Crippen molar-refractivity contribution in [3.8, 4) is 0 Å². The molecule has 10 heavy (non-hydrogen) atoms. The van der Waals surface area contributed by atoms with Crippen molar-refractivity contribution in [1.29, 1.82) is 0 Å². The van der Waals surface area contributed by atoms with Crippen LogP contribution in [0, 0.1) is 0 Å². The maximum absolute atomic E-state index is 4.50. The van der Waals surface area contributed by atoms with Gasteiger partial charge in [0.25, 0.3) is 0 Å². The van der Waals surface area contributed by atoms with E-state index in [9.17, 15) is 0 Å². The van der Waals surface area contributed by atoms with Crippen molar-refractivity contribution >= 4 is 11.8 Å². The lowest BCUT2D eigenvalue weighted by Crippen LogP contribution is -1.69. The molecule has 1 nitrogen and oxygen atoms in total. The largest absolute Gasteiger partial charge is 0.333 e. The highest BCUT2D eigenvalue weighted by Gasteiger charge is 1.55. The van der Waals surface area contributed by atoms with Gasteiger partial charge < -0.3 is 5.73 Å². The van der Waals surface area contributed by atoms with Gasteiger partial charge in [-0.15, -0.1) is 0 Å². The number of thioether (sulfide) groups is 1. The topological polar surface area (TPSA) is 26.0 Å². The van der Waals surface area contributed by atoms with Gasteiger partial charge in [-0.3, -0.25) is 0 Å². The minimum atomic E-state index is 1.24.